The van der Waals surface area contributed by atoms with Gasteiger partial charge in [0, 0.05) is 44.0 Å². The van der Waals surface area contributed by atoms with E-state index in [1.54, 1.807) is 19.2 Å². The van der Waals surface area contributed by atoms with Crippen molar-refractivity contribution >= 4 is 21.6 Å². The molecule has 192 valence electrons. The fraction of sp³-hybridized carbons (Fsp3) is 0.458. The van der Waals surface area contributed by atoms with Crippen LogP contribution in [0.5, 0.6) is 23.0 Å². The molecule has 3 rings (SSSR count). The highest BCUT2D eigenvalue weighted by Crippen LogP contribution is 2.38. The van der Waals surface area contributed by atoms with Gasteiger partial charge in [0.05, 0.1) is 34.2 Å². The Morgan fingerprint density at radius 3 is 2.00 bits per heavy atom. The van der Waals surface area contributed by atoms with E-state index in [0.29, 0.717) is 55.4 Å². The van der Waals surface area contributed by atoms with Crippen LogP contribution in [0.15, 0.2) is 36.4 Å². The number of amides is 1. The van der Waals surface area contributed by atoms with E-state index in [9.17, 15) is 13.2 Å². The Balaban J connectivity index is 1.48. The second-order valence-corrected chi connectivity index (χ2v) is 10.0. The van der Waals surface area contributed by atoms with Crippen LogP contribution in [0.3, 0.4) is 0 Å². The average molecular weight is 508 g/mol. The Morgan fingerprint density at radius 1 is 0.886 bits per heavy atom. The van der Waals surface area contributed by atoms with E-state index < -0.39 is 10.0 Å². The molecule has 1 fully saturated rings. The summed E-state index contributed by atoms with van der Waals surface area (Å²) >= 11 is 0. The third-order valence-corrected chi connectivity index (χ3v) is 7.82. The van der Waals surface area contributed by atoms with E-state index in [-0.39, 0.29) is 18.2 Å². The van der Waals surface area contributed by atoms with E-state index in [1.807, 2.05) is 24.3 Å². The zero-order valence-corrected chi connectivity index (χ0v) is 21.4. The van der Waals surface area contributed by atoms with E-state index in [0.717, 1.165) is 11.4 Å². The van der Waals surface area contributed by atoms with Crippen LogP contribution in [0.1, 0.15) is 16.8 Å². The lowest BCUT2D eigenvalue weighted by Crippen LogP contribution is -2.49. The van der Waals surface area contributed by atoms with Crippen LogP contribution in [0, 0.1) is 0 Å². The molecule has 0 unspecified atom stereocenters. The number of sulfonamides is 1. The zero-order chi connectivity index (χ0) is 25.4. The van der Waals surface area contributed by atoms with E-state index in [4.69, 9.17) is 18.9 Å². The second kappa shape index (κ2) is 12.0. The number of carbonyl (C=O) groups excluding carboxylic acids is 1. The van der Waals surface area contributed by atoms with Crippen LogP contribution in [0.4, 0.5) is 5.69 Å². The number of piperazine rings is 1. The third-order valence-electron chi connectivity index (χ3n) is 5.86. The third kappa shape index (κ3) is 6.49. The van der Waals surface area contributed by atoms with Crippen LogP contribution in [-0.4, -0.2) is 85.5 Å². The second-order valence-electron chi connectivity index (χ2n) is 7.92. The van der Waals surface area contributed by atoms with Crippen molar-refractivity contribution in [1.29, 1.82) is 0 Å². The summed E-state index contributed by atoms with van der Waals surface area (Å²) in [6.45, 7) is 2.30. The molecule has 11 heteroatoms. The maximum atomic E-state index is 12.8. The van der Waals surface area contributed by atoms with Crippen molar-refractivity contribution in [3.05, 3.63) is 42.0 Å². The van der Waals surface area contributed by atoms with Crippen LogP contribution in [0.2, 0.25) is 0 Å². The Hall–Kier alpha value is -3.18. The normalized spacial score (nSPS) is 14.3. The monoisotopic (exact) mass is 507 g/mol. The number of nitrogens with one attached hydrogen (secondary N) is 1. The molecule has 1 aliphatic heterocycles. The van der Waals surface area contributed by atoms with Gasteiger partial charge in [0.25, 0.3) is 5.91 Å². The maximum Gasteiger partial charge on any atom is 0.251 e. The summed E-state index contributed by atoms with van der Waals surface area (Å²) < 4.78 is 48.1. The maximum absolute atomic E-state index is 12.8. The summed E-state index contributed by atoms with van der Waals surface area (Å²) in [5.41, 5.74) is 1.37. The SMILES string of the molecule is COc1ccc(N2CCN(S(=O)(=O)CCCNC(=O)c3cc(OC)c(OC)c(OC)c3)CC2)cc1. The molecule has 0 aromatic heterocycles. The number of rotatable bonds is 11. The number of carbonyl (C=O) groups is 1. The van der Waals surface area contributed by atoms with E-state index >= 15 is 0 Å². The summed E-state index contributed by atoms with van der Waals surface area (Å²) in [6.07, 6.45) is 0.303. The fourth-order valence-electron chi connectivity index (χ4n) is 3.92. The van der Waals surface area contributed by atoms with Gasteiger partial charge >= 0.3 is 0 Å². The van der Waals surface area contributed by atoms with Crippen molar-refractivity contribution < 1.29 is 32.2 Å². The Kier molecular flexibility index (Phi) is 9.05. The van der Waals surface area contributed by atoms with Gasteiger partial charge in [0.1, 0.15) is 5.75 Å². The van der Waals surface area contributed by atoms with Crippen LogP contribution in [0.25, 0.3) is 0 Å². The molecule has 2 aromatic carbocycles. The molecule has 0 spiro atoms. The zero-order valence-electron chi connectivity index (χ0n) is 20.6. The molecule has 2 aromatic rings. The molecule has 0 bridgehead atoms. The highest BCUT2D eigenvalue weighted by molar-refractivity contribution is 7.89. The van der Waals surface area contributed by atoms with Gasteiger partial charge in [-0.15, -0.1) is 0 Å². The molecule has 35 heavy (non-hydrogen) atoms. The van der Waals surface area contributed by atoms with E-state index in [1.165, 1.54) is 25.6 Å². The predicted molar refractivity (Wildman–Crippen MR) is 134 cm³/mol. The molecule has 1 aliphatic rings. The lowest BCUT2D eigenvalue weighted by atomic mass is 10.1. The standard InChI is InChI=1S/C24H33N3O7S/c1-31-20-8-6-19(7-9-20)26-11-13-27(14-12-26)35(29,30)15-5-10-25-24(28)18-16-21(32-2)23(34-4)22(17-18)33-3/h6-9,16-17H,5,10-15H2,1-4H3,(H,25,28). The van der Waals surface area contributed by atoms with Crippen molar-refractivity contribution in [1.82, 2.24) is 9.62 Å². The molecule has 1 heterocycles. The Bertz CT molecular complexity index is 1070. The van der Waals surface area contributed by atoms with Crippen molar-refractivity contribution in [3.8, 4) is 23.0 Å². The minimum absolute atomic E-state index is 0.0366. The molecular weight excluding hydrogens is 474 g/mol. The van der Waals surface area contributed by atoms with Gasteiger partial charge in [-0.05, 0) is 42.8 Å². The van der Waals surface area contributed by atoms with Gasteiger partial charge in [0.2, 0.25) is 15.8 Å². The van der Waals surface area contributed by atoms with Crippen LogP contribution >= 0.6 is 0 Å². The molecule has 1 amide bonds. The fourth-order valence-corrected chi connectivity index (χ4v) is 5.40. The highest BCUT2D eigenvalue weighted by atomic mass is 32.2. The molecule has 0 saturated carbocycles. The largest absolute Gasteiger partial charge is 0.497 e. The lowest BCUT2D eigenvalue weighted by Gasteiger charge is -2.35. The van der Waals surface area contributed by atoms with Crippen LogP contribution < -0.4 is 29.2 Å². The van der Waals surface area contributed by atoms with Gasteiger partial charge in [-0.2, -0.15) is 4.31 Å². The first-order valence-corrected chi connectivity index (χ1v) is 12.9. The number of hydrogen-bond acceptors (Lipinski definition) is 8. The molecule has 0 radical (unpaired) electrons. The smallest absolute Gasteiger partial charge is 0.251 e. The predicted octanol–water partition coefficient (Wildman–Crippen LogP) is 1.99. The molecule has 0 atom stereocenters. The minimum Gasteiger partial charge on any atom is -0.497 e. The first-order chi connectivity index (χ1) is 16.8. The Morgan fingerprint density at radius 2 is 1.49 bits per heavy atom. The molecule has 1 saturated heterocycles. The highest BCUT2D eigenvalue weighted by Gasteiger charge is 2.27. The number of ether oxygens (including phenoxy) is 4. The van der Waals surface area contributed by atoms with Crippen LogP contribution in [-0.2, 0) is 10.0 Å². The summed E-state index contributed by atoms with van der Waals surface area (Å²) in [5, 5.41) is 2.76. The first-order valence-electron chi connectivity index (χ1n) is 11.3. The Labute approximate surface area is 206 Å². The lowest BCUT2D eigenvalue weighted by molar-refractivity contribution is 0.0952. The topological polar surface area (TPSA) is 107 Å². The number of anilines is 1. The van der Waals surface area contributed by atoms with Gasteiger partial charge in [0.15, 0.2) is 11.5 Å². The van der Waals surface area contributed by atoms with Crippen molar-refractivity contribution in [2.45, 2.75) is 6.42 Å². The van der Waals surface area contributed by atoms with Crippen molar-refractivity contribution in [2.24, 2.45) is 0 Å². The number of benzene rings is 2. The van der Waals surface area contributed by atoms with Crippen molar-refractivity contribution in [2.75, 3.05) is 71.8 Å². The molecule has 1 N–H and O–H groups in total. The van der Waals surface area contributed by atoms with E-state index in [2.05, 4.69) is 10.2 Å². The van der Waals surface area contributed by atoms with Crippen molar-refractivity contribution in [3.63, 3.8) is 0 Å². The summed E-state index contributed by atoms with van der Waals surface area (Å²) in [5.74, 6) is 1.53. The average Bonchev–Trinajstić information content (AvgIpc) is 2.90. The minimum atomic E-state index is -3.41. The molecule has 10 nitrogen and oxygen atoms in total. The molecule has 0 aliphatic carbocycles. The quantitative estimate of drug-likeness (QED) is 0.461. The number of hydrogen-bond donors (Lipinski definition) is 1. The summed E-state index contributed by atoms with van der Waals surface area (Å²) in [7, 11) is 2.64. The number of nitrogens with zero attached hydrogens (tertiary/aromatic N) is 2. The van der Waals surface area contributed by atoms with Gasteiger partial charge in [-0.1, -0.05) is 0 Å². The molecular formula is C24H33N3O7S. The first kappa shape index (κ1) is 26.4. The van der Waals surface area contributed by atoms with Gasteiger partial charge in [-0.25, -0.2) is 8.42 Å². The summed E-state index contributed by atoms with van der Waals surface area (Å²) in [4.78, 5) is 14.7. The summed E-state index contributed by atoms with van der Waals surface area (Å²) in [6, 6.07) is 10.8. The number of methoxy groups -OCH3 is 4. The van der Waals surface area contributed by atoms with Gasteiger partial charge in [-0.3, -0.25) is 4.79 Å². The van der Waals surface area contributed by atoms with Gasteiger partial charge < -0.3 is 29.2 Å².